The van der Waals surface area contributed by atoms with Crippen LogP contribution in [0.1, 0.15) is 38.2 Å². The minimum absolute atomic E-state index is 0.0274. The molecule has 0 saturated heterocycles. The summed E-state index contributed by atoms with van der Waals surface area (Å²) in [6.45, 7) is 2.70. The van der Waals surface area contributed by atoms with Gasteiger partial charge in [-0.05, 0) is 18.4 Å². The van der Waals surface area contributed by atoms with Gasteiger partial charge in [-0.25, -0.2) is 9.37 Å². The van der Waals surface area contributed by atoms with E-state index in [1.807, 2.05) is 30.3 Å². The molecule has 3 aromatic rings. The molecular formula is C20H26FN5O. The van der Waals surface area contributed by atoms with Crippen LogP contribution < -0.4 is 11.1 Å². The number of aliphatic hydroxyl groups is 1. The van der Waals surface area contributed by atoms with Gasteiger partial charge in [0.05, 0.1) is 0 Å². The van der Waals surface area contributed by atoms with Gasteiger partial charge in [0.1, 0.15) is 11.0 Å². The maximum Gasteiger partial charge on any atom is 0.222 e. The standard InChI is InChI=1S/C20H26FN5O/c1-2-3-9-15(10-11-27)23-19-18-17(24-20(22)25-19)16(21)13-26(18)12-14-7-5-4-6-8-14/h4-8,13,15,27H,2-3,9-12H2,1H3,(H3,22,23,24,25)/t15-/m0/s1. The fraction of sp³-hybridized carbons (Fsp3) is 0.400. The van der Waals surface area contributed by atoms with Gasteiger partial charge in [0.25, 0.3) is 0 Å². The summed E-state index contributed by atoms with van der Waals surface area (Å²) in [7, 11) is 0. The first-order valence-corrected chi connectivity index (χ1v) is 9.35. The number of aromatic nitrogens is 3. The third-order valence-corrected chi connectivity index (χ3v) is 4.60. The molecule has 6 nitrogen and oxygen atoms in total. The third kappa shape index (κ3) is 4.54. The molecule has 0 saturated carbocycles. The van der Waals surface area contributed by atoms with Crippen LogP contribution in [0.5, 0.6) is 0 Å². The summed E-state index contributed by atoms with van der Waals surface area (Å²) in [4.78, 5) is 8.43. The van der Waals surface area contributed by atoms with Crippen LogP contribution in [0.25, 0.3) is 11.0 Å². The largest absolute Gasteiger partial charge is 0.396 e. The molecule has 4 N–H and O–H groups in total. The first-order valence-electron chi connectivity index (χ1n) is 9.35. The first kappa shape index (κ1) is 19.1. The van der Waals surface area contributed by atoms with E-state index in [0.717, 1.165) is 24.8 Å². The monoisotopic (exact) mass is 371 g/mol. The summed E-state index contributed by atoms with van der Waals surface area (Å²) >= 11 is 0. The van der Waals surface area contributed by atoms with Crippen LogP contribution in [0.3, 0.4) is 0 Å². The van der Waals surface area contributed by atoms with Crippen LogP contribution in [-0.2, 0) is 6.54 Å². The molecule has 27 heavy (non-hydrogen) atoms. The van der Waals surface area contributed by atoms with Gasteiger partial charge in [-0.3, -0.25) is 0 Å². The van der Waals surface area contributed by atoms with E-state index in [9.17, 15) is 9.50 Å². The zero-order chi connectivity index (χ0) is 19.2. The number of hydrogen-bond donors (Lipinski definition) is 3. The number of nitrogen functional groups attached to an aromatic ring is 1. The molecule has 0 unspecified atom stereocenters. The number of halogens is 1. The molecule has 0 aliphatic heterocycles. The number of nitrogens with two attached hydrogens (primary N) is 1. The molecule has 144 valence electrons. The minimum Gasteiger partial charge on any atom is -0.396 e. The van der Waals surface area contributed by atoms with Gasteiger partial charge in [0.2, 0.25) is 5.95 Å². The fourth-order valence-corrected chi connectivity index (χ4v) is 3.27. The van der Waals surface area contributed by atoms with Gasteiger partial charge < -0.3 is 20.7 Å². The van der Waals surface area contributed by atoms with Crippen LogP contribution in [0.15, 0.2) is 36.5 Å². The normalized spacial score (nSPS) is 12.4. The van der Waals surface area contributed by atoms with Gasteiger partial charge >= 0.3 is 0 Å². The molecule has 0 radical (unpaired) electrons. The van der Waals surface area contributed by atoms with Gasteiger partial charge in [0.15, 0.2) is 11.6 Å². The topological polar surface area (TPSA) is 89.0 Å². The summed E-state index contributed by atoms with van der Waals surface area (Å²) in [5.41, 5.74) is 7.66. The van der Waals surface area contributed by atoms with Crippen molar-refractivity contribution in [2.45, 2.75) is 45.2 Å². The number of aliphatic hydroxyl groups excluding tert-OH is 1. The molecule has 0 fully saturated rings. The lowest BCUT2D eigenvalue weighted by atomic mass is 10.1. The summed E-state index contributed by atoms with van der Waals surface area (Å²) < 4.78 is 16.3. The molecule has 0 aliphatic rings. The van der Waals surface area contributed by atoms with E-state index in [2.05, 4.69) is 22.2 Å². The molecule has 1 aromatic carbocycles. The molecule has 2 aromatic heterocycles. The SMILES string of the molecule is CCCC[C@@H](CCO)Nc1nc(N)nc2c(F)cn(Cc3ccccc3)c12. The molecule has 0 aliphatic carbocycles. The van der Waals surface area contributed by atoms with Gasteiger partial charge in [0, 0.05) is 25.4 Å². The Morgan fingerprint density at radius 2 is 2.00 bits per heavy atom. The van der Waals surface area contributed by atoms with E-state index in [-0.39, 0.29) is 24.1 Å². The Hall–Kier alpha value is -2.67. The Bertz CT molecular complexity index is 881. The first-order chi connectivity index (χ1) is 13.1. The quantitative estimate of drug-likeness (QED) is 0.535. The molecule has 0 spiro atoms. The predicted molar refractivity (Wildman–Crippen MR) is 106 cm³/mol. The number of benzene rings is 1. The van der Waals surface area contributed by atoms with Crippen LogP contribution >= 0.6 is 0 Å². The number of nitrogens with zero attached hydrogens (tertiary/aromatic N) is 3. The van der Waals surface area contributed by atoms with Crippen LogP contribution in [0, 0.1) is 5.82 Å². The lowest BCUT2D eigenvalue weighted by molar-refractivity contribution is 0.276. The summed E-state index contributed by atoms with van der Waals surface area (Å²) in [5, 5.41) is 12.7. The number of rotatable bonds is 9. The average molecular weight is 371 g/mol. The van der Waals surface area contributed by atoms with E-state index in [0.29, 0.717) is 24.3 Å². The lowest BCUT2D eigenvalue weighted by Gasteiger charge is -2.19. The summed E-state index contributed by atoms with van der Waals surface area (Å²) in [6.07, 6.45) is 5.01. The maximum absolute atomic E-state index is 14.5. The summed E-state index contributed by atoms with van der Waals surface area (Å²) in [5.74, 6) is 0.108. The average Bonchev–Trinajstić information content (AvgIpc) is 2.96. The van der Waals surface area contributed by atoms with E-state index < -0.39 is 5.82 Å². The van der Waals surface area contributed by atoms with Crippen molar-refractivity contribution in [3.8, 4) is 0 Å². The fourth-order valence-electron chi connectivity index (χ4n) is 3.27. The zero-order valence-electron chi connectivity index (χ0n) is 15.5. The summed E-state index contributed by atoms with van der Waals surface area (Å²) in [6, 6.07) is 9.87. The van der Waals surface area contributed by atoms with Crippen LogP contribution in [0.4, 0.5) is 16.2 Å². The van der Waals surface area contributed by atoms with Crippen LogP contribution in [-0.4, -0.2) is 32.3 Å². The van der Waals surface area contributed by atoms with Crippen molar-refractivity contribution >= 4 is 22.8 Å². The molecule has 7 heteroatoms. The molecule has 0 amide bonds. The van der Waals surface area contributed by atoms with Crippen molar-refractivity contribution in [1.29, 1.82) is 0 Å². The van der Waals surface area contributed by atoms with Crippen molar-refractivity contribution in [2.75, 3.05) is 17.7 Å². The van der Waals surface area contributed by atoms with Crippen molar-refractivity contribution in [3.63, 3.8) is 0 Å². The number of unbranched alkanes of at least 4 members (excludes halogenated alkanes) is 1. The van der Waals surface area contributed by atoms with Gasteiger partial charge in [-0.1, -0.05) is 50.1 Å². The van der Waals surface area contributed by atoms with E-state index in [4.69, 9.17) is 5.73 Å². The lowest BCUT2D eigenvalue weighted by Crippen LogP contribution is -2.22. The Balaban J connectivity index is 2.00. The number of hydrogen-bond acceptors (Lipinski definition) is 5. The van der Waals surface area contributed by atoms with Crippen molar-refractivity contribution in [2.24, 2.45) is 0 Å². The van der Waals surface area contributed by atoms with Crippen LogP contribution in [0.2, 0.25) is 0 Å². The highest BCUT2D eigenvalue weighted by atomic mass is 19.1. The van der Waals surface area contributed by atoms with Gasteiger partial charge in [-0.15, -0.1) is 0 Å². The Morgan fingerprint density at radius 1 is 1.22 bits per heavy atom. The van der Waals surface area contributed by atoms with E-state index in [1.165, 1.54) is 6.20 Å². The second-order valence-electron chi connectivity index (χ2n) is 6.71. The maximum atomic E-state index is 14.5. The van der Waals surface area contributed by atoms with E-state index in [1.54, 1.807) is 4.57 Å². The van der Waals surface area contributed by atoms with E-state index >= 15 is 0 Å². The number of nitrogens with one attached hydrogen (secondary N) is 1. The third-order valence-electron chi connectivity index (χ3n) is 4.60. The molecule has 0 bridgehead atoms. The smallest absolute Gasteiger partial charge is 0.222 e. The highest BCUT2D eigenvalue weighted by molar-refractivity contribution is 5.88. The second kappa shape index (κ2) is 8.81. The Morgan fingerprint density at radius 3 is 2.70 bits per heavy atom. The predicted octanol–water partition coefficient (Wildman–Crippen LogP) is 3.55. The zero-order valence-corrected chi connectivity index (χ0v) is 15.5. The molecule has 2 heterocycles. The second-order valence-corrected chi connectivity index (χ2v) is 6.71. The Labute approximate surface area is 158 Å². The number of fused-ring (bicyclic) bond motifs is 1. The van der Waals surface area contributed by atoms with Crippen molar-refractivity contribution in [1.82, 2.24) is 14.5 Å². The highest BCUT2D eigenvalue weighted by Crippen LogP contribution is 2.27. The highest BCUT2D eigenvalue weighted by Gasteiger charge is 2.19. The molecule has 3 rings (SSSR count). The van der Waals surface area contributed by atoms with Crippen molar-refractivity contribution < 1.29 is 9.50 Å². The Kier molecular flexibility index (Phi) is 6.24. The number of anilines is 2. The molecule has 1 atom stereocenters. The minimum atomic E-state index is -0.426. The van der Waals surface area contributed by atoms with Gasteiger partial charge in [-0.2, -0.15) is 4.98 Å². The molecular weight excluding hydrogens is 345 g/mol. The van der Waals surface area contributed by atoms with Crippen molar-refractivity contribution in [3.05, 3.63) is 47.9 Å².